The molecule has 0 saturated heterocycles. The van der Waals surface area contributed by atoms with E-state index in [4.69, 9.17) is 4.98 Å². The van der Waals surface area contributed by atoms with Gasteiger partial charge in [0, 0.05) is 36.4 Å². The second kappa shape index (κ2) is 10.1. The number of imidazole rings is 1. The molecule has 0 N–H and O–H groups in total. The Hall–Kier alpha value is -3.01. The first-order valence-corrected chi connectivity index (χ1v) is 12.9. The van der Waals surface area contributed by atoms with E-state index in [1.807, 2.05) is 31.3 Å². The highest BCUT2D eigenvalue weighted by Crippen LogP contribution is 2.28. The van der Waals surface area contributed by atoms with Gasteiger partial charge in [-0.3, -0.25) is 9.59 Å². The van der Waals surface area contributed by atoms with E-state index in [0.717, 1.165) is 40.4 Å². The predicted molar refractivity (Wildman–Crippen MR) is 135 cm³/mol. The summed E-state index contributed by atoms with van der Waals surface area (Å²) in [6, 6.07) is 10.0. The Bertz CT molecular complexity index is 1240. The summed E-state index contributed by atoms with van der Waals surface area (Å²) in [4.78, 5) is 30.1. The van der Waals surface area contributed by atoms with Crippen LogP contribution in [-0.4, -0.2) is 21.0 Å². The lowest BCUT2D eigenvalue weighted by atomic mass is 9.85. The monoisotopic (exact) mass is 454 g/mol. The van der Waals surface area contributed by atoms with E-state index in [9.17, 15) is 9.59 Å². The number of aryl methyl sites for hydroxylation is 3. The van der Waals surface area contributed by atoms with E-state index < -0.39 is 0 Å². The van der Waals surface area contributed by atoms with Crippen LogP contribution >= 0.6 is 0 Å². The lowest BCUT2D eigenvalue weighted by molar-refractivity contribution is -0.115. The number of carbonyl (C=O) groups is 2. The van der Waals surface area contributed by atoms with Crippen LogP contribution in [0.3, 0.4) is 0 Å². The molecule has 3 aromatic rings. The van der Waals surface area contributed by atoms with Gasteiger partial charge in [-0.15, -0.1) is 0 Å². The Morgan fingerprint density at radius 1 is 1.06 bits per heavy atom. The van der Waals surface area contributed by atoms with Crippen molar-refractivity contribution in [2.45, 2.75) is 77.6 Å². The van der Waals surface area contributed by atoms with Gasteiger partial charge in [0.2, 0.25) is 0 Å². The minimum Gasteiger partial charge on any atom is -0.307 e. The number of carbonyl (C=O) groups excluding carboxylic acids is 2. The van der Waals surface area contributed by atoms with Crippen LogP contribution in [0.15, 0.2) is 54.4 Å². The molecule has 2 aromatic heterocycles. The fourth-order valence-electron chi connectivity index (χ4n) is 5.66. The third kappa shape index (κ3) is 5.06. The van der Waals surface area contributed by atoms with Gasteiger partial charge in [0.15, 0.2) is 11.6 Å². The third-order valence-corrected chi connectivity index (χ3v) is 7.68. The maximum Gasteiger partial charge on any atom is 0.186 e. The van der Waals surface area contributed by atoms with Gasteiger partial charge in [-0.1, -0.05) is 62.8 Å². The molecule has 0 radical (unpaired) electrons. The van der Waals surface area contributed by atoms with Gasteiger partial charge in [-0.05, 0) is 60.9 Å². The third-order valence-electron chi connectivity index (χ3n) is 7.68. The van der Waals surface area contributed by atoms with Crippen molar-refractivity contribution in [2.75, 3.05) is 0 Å². The molecule has 34 heavy (non-hydrogen) atoms. The molecule has 2 heterocycles. The van der Waals surface area contributed by atoms with Crippen LogP contribution in [0.2, 0.25) is 0 Å². The van der Waals surface area contributed by atoms with Crippen LogP contribution in [0.1, 0.15) is 84.1 Å². The van der Waals surface area contributed by atoms with E-state index in [0.29, 0.717) is 24.8 Å². The highest BCUT2D eigenvalue weighted by Gasteiger charge is 2.23. The van der Waals surface area contributed by atoms with Crippen molar-refractivity contribution in [3.63, 3.8) is 0 Å². The molecule has 0 spiro atoms. The molecule has 0 unspecified atom stereocenters. The lowest BCUT2D eigenvalue weighted by Gasteiger charge is -2.21. The summed E-state index contributed by atoms with van der Waals surface area (Å²) in [5, 5.41) is 0. The minimum atomic E-state index is -0.0583. The molecule has 4 nitrogen and oxygen atoms in total. The zero-order chi connectivity index (χ0) is 23.5. The quantitative estimate of drug-likeness (QED) is 0.395. The van der Waals surface area contributed by atoms with E-state index in [2.05, 4.69) is 22.7 Å². The van der Waals surface area contributed by atoms with Crippen molar-refractivity contribution in [3.8, 4) is 0 Å². The molecule has 0 aliphatic heterocycles. The van der Waals surface area contributed by atoms with Gasteiger partial charge in [-0.25, -0.2) is 4.98 Å². The minimum absolute atomic E-state index is 0.0442. The zero-order valence-electron chi connectivity index (χ0n) is 20.2. The van der Waals surface area contributed by atoms with Crippen LogP contribution < -0.4 is 0 Å². The van der Waals surface area contributed by atoms with Crippen LogP contribution in [0.5, 0.6) is 0 Å². The van der Waals surface area contributed by atoms with Gasteiger partial charge >= 0.3 is 0 Å². The predicted octanol–water partition coefficient (Wildman–Crippen LogP) is 6.41. The first kappa shape index (κ1) is 22.8. The number of hydrogen-bond donors (Lipinski definition) is 0. The molecule has 2 aliphatic rings. The van der Waals surface area contributed by atoms with Crippen LogP contribution in [0.25, 0.3) is 5.65 Å². The molecular weight excluding hydrogens is 420 g/mol. The van der Waals surface area contributed by atoms with Crippen molar-refractivity contribution >= 4 is 17.2 Å². The molecule has 0 bridgehead atoms. The van der Waals surface area contributed by atoms with E-state index in [1.54, 1.807) is 0 Å². The molecule has 2 aliphatic carbocycles. The van der Waals surface area contributed by atoms with E-state index in [1.165, 1.54) is 56.6 Å². The van der Waals surface area contributed by atoms with Crippen molar-refractivity contribution in [1.29, 1.82) is 0 Å². The van der Waals surface area contributed by atoms with Gasteiger partial charge in [0.05, 0.1) is 5.69 Å². The topological polar surface area (TPSA) is 51.4 Å². The summed E-state index contributed by atoms with van der Waals surface area (Å²) in [6.45, 7) is 2.00. The molecule has 5 rings (SSSR count). The maximum atomic E-state index is 12.9. The molecule has 1 fully saturated rings. The number of pyridine rings is 1. The number of benzene rings is 1. The Kier molecular flexibility index (Phi) is 6.75. The number of Topliss-reactive ketones (excluding diaryl/α,β-unsaturated/α-hetero) is 1. The van der Waals surface area contributed by atoms with Crippen molar-refractivity contribution in [2.24, 2.45) is 5.92 Å². The molecule has 176 valence electrons. The Morgan fingerprint density at radius 3 is 2.76 bits per heavy atom. The second-order valence-electron chi connectivity index (χ2n) is 10.2. The summed E-state index contributed by atoms with van der Waals surface area (Å²) in [5.41, 5.74) is 6.61. The van der Waals surface area contributed by atoms with E-state index >= 15 is 0 Å². The summed E-state index contributed by atoms with van der Waals surface area (Å²) in [5.74, 6) is 0.918. The van der Waals surface area contributed by atoms with Crippen molar-refractivity contribution in [1.82, 2.24) is 9.38 Å². The number of allylic oxidation sites excluding steroid dienone is 2. The van der Waals surface area contributed by atoms with Gasteiger partial charge < -0.3 is 4.40 Å². The fraction of sp³-hybridized carbons (Fsp3) is 0.433. The SMILES string of the molecule is Cc1cccc2c1CC(C(=O)CCc1cn3cc(CCCC4CCCCC4)ccc3n1)=CC2=O. The highest BCUT2D eigenvalue weighted by atomic mass is 16.1. The molecule has 1 saturated carbocycles. The standard InChI is InChI=1S/C30H34N2O2/c1-21-7-5-12-26-27(21)17-24(18-29(26)34)28(33)15-14-25-20-32-19-23(13-16-30(32)31-25)11-6-10-22-8-3-2-4-9-22/h5,7,12-13,16,18-20,22H,2-4,6,8-11,14-15,17H2,1H3. The van der Waals surface area contributed by atoms with Crippen molar-refractivity contribution in [3.05, 3.63) is 82.3 Å². The Balaban J connectivity index is 1.18. The summed E-state index contributed by atoms with van der Waals surface area (Å²) in [6.07, 6.45) is 18.1. The van der Waals surface area contributed by atoms with E-state index in [-0.39, 0.29) is 11.6 Å². The average molecular weight is 455 g/mol. The van der Waals surface area contributed by atoms with Gasteiger partial charge in [0.1, 0.15) is 5.65 Å². The average Bonchev–Trinajstić information content (AvgIpc) is 3.26. The molecule has 0 atom stereocenters. The number of aromatic nitrogens is 2. The van der Waals surface area contributed by atoms with Crippen LogP contribution in [-0.2, 0) is 24.1 Å². The van der Waals surface area contributed by atoms with Gasteiger partial charge in [0.25, 0.3) is 0 Å². The Morgan fingerprint density at radius 2 is 1.91 bits per heavy atom. The largest absolute Gasteiger partial charge is 0.307 e. The normalized spacial score (nSPS) is 16.5. The smallest absolute Gasteiger partial charge is 0.186 e. The molecular formula is C30H34N2O2. The second-order valence-corrected chi connectivity index (χ2v) is 10.2. The fourth-order valence-corrected chi connectivity index (χ4v) is 5.66. The maximum absolute atomic E-state index is 12.9. The zero-order valence-corrected chi connectivity index (χ0v) is 20.2. The number of nitrogens with zero attached hydrogens (tertiary/aromatic N) is 2. The molecule has 0 amide bonds. The molecule has 4 heteroatoms. The lowest BCUT2D eigenvalue weighted by Crippen LogP contribution is -2.17. The highest BCUT2D eigenvalue weighted by molar-refractivity contribution is 6.13. The summed E-state index contributed by atoms with van der Waals surface area (Å²) < 4.78 is 2.10. The first-order valence-electron chi connectivity index (χ1n) is 12.9. The van der Waals surface area contributed by atoms with Crippen LogP contribution in [0, 0.1) is 12.8 Å². The van der Waals surface area contributed by atoms with Gasteiger partial charge in [-0.2, -0.15) is 0 Å². The Labute approximate surface area is 202 Å². The molecule has 1 aromatic carbocycles. The van der Waals surface area contributed by atoms with Crippen molar-refractivity contribution < 1.29 is 9.59 Å². The number of rotatable bonds is 8. The first-order chi connectivity index (χ1) is 16.6. The number of hydrogen-bond acceptors (Lipinski definition) is 3. The number of ketones is 2. The summed E-state index contributed by atoms with van der Waals surface area (Å²) in [7, 11) is 0. The van der Waals surface area contributed by atoms with Crippen LogP contribution in [0.4, 0.5) is 0 Å². The number of fused-ring (bicyclic) bond motifs is 2. The summed E-state index contributed by atoms with van der Waals surface area (Å²) >= 11 is 0.